The van der Waals surface area contributed by atoms with Crippen LogP contribution >= 0.6 is 27.5 Å². The molecule has 1 N–H and O–H groups in total. The Labute approximate surface area is 136 Å². The smallest absolute Gasteiger partial charge is 0.258 e. The average molecular weight is 370 g/mol. The van der Waals surface area contributed by atoms with Gasteiger partial charge in [0.25, 0.3) is 5.91 Å². The first-order valence-corrected chi connectivity index (χ1v) is 7.47. The van der Waals surface area contributed by atoms with Gasteiger partial charge in [0.1, 0.15) is 5.75 Å². The van der Waals surface area contributed by atoms with Crippen molar-refractivity contribution in [2.75, 3.05) is 6.61 Å². The van der Waals surface area contributed by atoms with Gasteiger partial charge in [0, 0.05) is 23.4 Å². The second-order valence-corrected chi connectivity index (χ2v) is 5.78. The SMILES string of the molecule is Cc1cc(Br)cc(Cl)c1OCC(=O)NCc1ccncc1. The van der Waals surface area contributed by atoms with Gasteiger partial charge in [0.15, 0.2) is 6.61 Å². The number of hydrogen-bond acceptors (Lipinski definition) is 3. The second kappa shape index (κ2) is 7.43. The molecular formula is C15H14BrClN2O2. The number of hydrogen-bond donors (Lipinski definition) is 1. The number of benzene rings is 1. The molecule has 6 heteroatoms. The lowest BCUT2D eigenvalue weighted by molar-refractivity contribution is -0.123. The van der Waals surface area contributed by atoms with Crippen LogP contribution in [0.25, 0.3) is 0 Å². The van der Waals surface area contributed by atoms with E-state index in [-0.39, 0.29) is 12.5 Å². The minimum absolute atomic E-state index is 0.0761. The molecule has 4 nitrogen and oxygen atoms in total. The van der Waals surface area contributed by atoms with Crippen LogP contribution < -0.4 is 10.1 Å². The van der Waals surface area contributed by atoms with Gasteiger partial charge in [0.05, 0.1) is 5.02 Å². The Balaban J connectivity index is 1.87. The highest BCUT2D eigenvalue weighted by Gasteiger charge is 2.09. The molecule has 0 aliphatic heterocycles. The van der Waals surface area contributed by atoms with E-state index in [0.717, 1.165) is 15.6 Å². The fourth-order valence-corrected chi connectivity index (χ4v) is 2.79. The minimum atomic E-state index is -0.204. The van der Waals surface area contributed by atoms with Crippen molar-refractivity contribution in [3.8, 4) is 5.75 Å². The van der Waals surface area contributed by atoms with E-state index in [1.54, 1.807) is 18.5 Å². The van der Waals surface area contributed by atoms with Gasteiger partial charge in [0.2, 0.25) is 0 Å². The molecule has 0 aliphatic rings. The molecule has 0 bridgehead atoms. The number of aryl methyl sites for hydroxylation is 1. The molecule has 0 aliphatic carbocycles. The predicted octanol–water partition coefficient (Wildman–Crippen LogP) is 3.50. The molecule has 1 amide bonds. The summed E-state index contributed by atoms with van der Waals surface area (Å²) in [5.74, 6) is 0.323. The Morgan fingerprint density at radius 2 is 2.10 bits per heavy atom. The molecule has 110 valence electrons. The Hall–Kier alpha value is -1.59. The summed E-state index contributed by atoms with van der Waals surface area (Å²) in [5, 5.41) is 3.25. The predicted molar refractivity (Wildman–Crippen MR) is 85.5 cm³/mol. The third-order valence-corrected chi connectivity index (χ3v) is 3.52. The van der Waals surface area contributed by atoms with Gasteiger partial charge in [-0.3, -0.25) is 9.78 Å². The number of pyridine rings is 1. The van der Waals surface area contributed by atoms with Crippen molar-refractivity contribution >= 4 is 33.4 Å². The van der Waals surface area contributed by atoms with Crippen LogP contribution in [0.5, 0.6) is 5.75 Å². The maximum atomic E-state index is 11.8. The fourth-order valence-electron chi connectivity index (χ4n) is 1.76. The van der Waals surface area contributed by atoms with Crippen molar-refractivity contribution < 1.29 is 9.53 Å². The van der Waals surface area contributed by atoms with Crippen LogP contribution in [0.2, 0.25) is 5.02 Å². The van der Waals surface area contributed by atoms with E-state index in [9.17, 15) is 4.79 Å². The van der Waals surface area contributed by atoms with Crippen molar-refractivity contribution in [3.05, 3.63) is 57.3 Å². The van der Waals surface area contributed by atoms with E-state index in [1.165, 1.54) is 0 Å². The van der Waals surface area contributed by atoms with Gasteiger partial charge < -0.3 is 10.1 Å². The zero-order valence-electron chi connectivity index (χ0n) is 11.4. The van der Waals surface area contributed by atoms with Crippen LogP contribution in [0.1, 0.15) is 11.1 Å². The average Bonchev–Trinajstić information content (AvgIpc) is 2.45. The van der Waals surface area contributed by atoms with Crippen molar-refractivity contribution in [2.24, 2.45) is 0 Å². The molecule has 2 aromatic rings. The molecule has 0 unspecified atom stereocenters. The highest BCUT2D eigenvalue weighted by molar-refractivity contribution is 9.10. The minimum Gasteiger partial charge on any atom is -0.482 e. The van der Waals surface area contributed by atoms with E-state index in [0.29, 0.717) is 17.3 Å². The van der Waals surface area contributed by atoms with E-state index < -0.39 is 0 Å². The quantitative estimate of drug-likeness (QED) is 0.877. The first-order chi connectivity index (χ1) is 10.1. The summed E-state index contributed by atoms with van der Waals surface area (Å²) in [5.41, 5.74) is 1.85. The Morgan fingerprint density at radius 3 is 2.76 bits per heavy atom. The lowest BCUT2D eigenvalue weighted by Gasteiger charge is -2.11. The molecule has 0 radical (unpaired) electrons. The van der Waals surface area contributed by atoms with Crippen molar-refractivity contribution in [1.82, 2.24) is 10.3 Å². The zero-order chi connectivity index (χ0) is 15.2. The van der Waals surface area contributed by atoms with Gasteiger partial charge in [-0.25, -0.2) is 0 Å². The molecule has 0 atom stereocenters. The number of aromatic nitrogens is 1. The monoisotopic (exact) mass is 368 g/mol. The molecule has 1 heterocycles. The van der Waals surface area contributed by atoms with Gasteiger partial charge in [-0.15, -0.1) is 0 Å². The van der Waals surface area contributed by atoms with E-state index in [4.69, 9.17) is 16.3 Å². The van der Waals surface area contributed by atoms with Gasteiger partial charge in [-0.05, 0) is 42.3 Å². The number of carbonyl (C=O) groups excluding carboxylic acids is 1. The molecule has 1 aromatic heterocycles. The summed E-state index contributed by atoms with van der Waals surface area (Å²) < 4.78 is 6.37. The fraction of sp³-hybridized carbons (Fsp3) is 0.200. The molecule has 0 saturated heterocycles. The topological polar surface area (TPSA) is 51.2 Å². The number of amides is 1. The molecule has 1 aromatic carbocycles. The molecule has 0 spiro atoms. The maximum Gasteiger partial charge on any atom is 0.258 e. The van der Waals surface area contributed by atoms with Crippen molar-refractivity contribution in [1.29, 1.82) is 0 Å². The molecule has 2 rings (SSSR count). The summed E-state index contributed by atoms with van der Waals surface area (Å²) >= 11 is 9.45. The van der Waals surface area contributed by atoms with Gasteiger partial charge >= 0.3 is 0 Å². The van der Waals surface area contributed by atoms with E-state index >= 15 is 0 Å². The standard InChI is InChI=1S/C15H14BrClN2O2/c1-10-6-12(16)7-13(17)15(10)21-9-14(20)19-8-11-2-4-18-5-3-11/h2-7H,8-9H2,1H3,(H,19,20). The molecular weight excluding hydrogens is 356 g/mol. The van der Waals surface area contributed by atoms with Crippen molar-refractivity contribution in [2.45, 2.75) is 13.5 Å². The van der Waals surface area contributed by atoms with Gasteiger partial charge in [-0.2, -0.15) is 0 Å². The Morgan fingerprint density at radius 1 is 1.38 bits per heavy atom. The lowest BCUT2D eigenvalue weighted by atomic mass is 10.2. The number of nitrogens with one attached hydrogen (secondary N) is 1. The highest BCUT2D eigenvalue weighted by atomic mass is 79.9. The Kier molecular flexibility index (Phi) is 5.59. The number of carbonyl (C=O) groups is 1. The zero-order valence-corrected chi connectivity index (χ0v) is 13.7. The number of halogens is 2. The van der Waals surface area contributed by atoms with Crippen LogP contribution in [-0.4, -0.2) is 17.5 Å². The maximum absolute atomic E-state index is 11.8. The number of nitrogens with zero attached hydrogens (tertiary/aromatic N) is 1. The summed E-state index contributed by atoms with van der Waals surface area (Å²) in [4.78, 5) is 15.7. The summed E-state index contributed by atoms with van der Waals surface area (Å²) in [7, 11) is 0. The van der Waals surface area contributed by atoms with Crippen LogP contribution in [0, 0.1) is 6.92 Å². The lowest BCUT2D eigenvalue weighted by Crippen LogP contribution is -2.28. The summed E-state index contributed by atoms with van der Waals surface area (Å²) in [6, 6.07) is 7.31. The molecule has 21 heavy (non-hydrogen) atoms. The number of ether oxygens (including phenoxy) is 1. The molecule has 0 fully saturated rings. The van der Waals surface area contributed by atoms with E-state index in [2.05, 4.69) is 26.2 Å². The molecule has 0 saturated carbocycles. The largest absolute Gasteiger partial charge is 0.482 e. The van der Waals surface area contributed by atoms with E-state index in [1.807, 2.05) is 25.1 Å². The van der Waals surface area contributed by atoms with Crippen molar-refractivity contribution in [3.63, 3.8) is 0 Å². The third-order valence-electron chi connectivity index (χ3n) is 2.78. The number of rotatable bonds is 5. The van der Waals surface area contributed by atoms with Gasteiger partial charge in [-0.1, -0.05) is 27.5 Å². The Bertz CT molecular complexity index is 612. The summed E-state index contributed by atoms with van der Waals surface area (Å²) in [6.45, 7) is 2.24. The normalized spacial score (nSPS) is 10.2. The van der Waals surface area contributed by atoms with Crippen LogP contribution in [0.15, 0.2) is 41.1 Å². The second-order valence-electron chi connectivity index (χ2n) is 4.45. The van der Waals surface area contributed by atoms with Crippen LogP contribution in [0.4, 0.5) is 0 Å². The highest BCUT2D eigenvalue weighted by Crippen LogP contribution is 2.31. The first-order valence-electron chi connectivity index (χ1n) is 6.30. The third kappa shape index (κ3) is 4.72. The summed E-state index contributed by atoms with van der Waals surface area (Å²) in [6.07, 6.45) is 3.37. The van der Waals surface area contributed by atoms with Crippen LogP contribution in [0.3, 0.4) is 0 Å². The van der Waals surface area contributed by atoms with Crippen LogP contribution in [-0.2, 0) is 11.3 Å². The first kappa shape index (κ1) is 15.8.